The monoisotopic (exact) mass is 310 g/mol. The first-order valence-electron chi connectivity index (χ1n) is 8.71. The molecule has 23 heavy (non-hydrogen) atoms. The molecule has 1 saturated carbocycles. The highest BCUT2D eigenvalue weighted by molar-refractivity contribution is 5.39. The van der Waals surface area contributed by atoms with Crippen molar-refractivity contribution in [3.8, 4) is 0 Å². The Hall–Kier alpha value is -1.94. The molecule has 120 valence electrons. The first-order chi connectivity index (χ1) is 11.3. The molecule has 1 aromatic heterocycles. The lowest BCUT2D eigenvalue weighted by Crippen LogP contribution is -2.50. The molecule has 1 fully saturated rings. The van der Waals surface area contributed by atoms with Crippen LogP contribution in [0.2, 0.25) is 0 Å². The smallest absolute Gasteiger partial charge is 0.353 e. The Morgan fingerprint density at radius 1 is 1.04 bits per heavy atom. The molecule has 4 heteroatoms. The highest BCUT2D eigenvalue weighted by Gasteiger charge is 2.54. The quantitative estimate of drug-likeness (QED) is 0.685. The van der Waals surface area contributed by atoms with Gasteiger partial charge in [-0.3, -0.25) is 0 Å². The number of nitrogens with zero attached hydrogens (tertiary/aromatic N) is 3. The molecule has 1 N–H and O–H groups in total. The van der Waals surface area contributed by atoms with Gasteiger partial charge >= 0.3 is 5.95 Å². The van der Waals surface area contributed by atoms with Gasteiger partial charge in [0.15, 0.2) is 0 Å². The third kappa shape index (κ3) is 2.51. The summed E-state index contributed by atoms with van der Waals surface area (Å²) in [6, 6.07) is 12.3. The van der Waals surface area contributed by atoms with Gasteiger partial charge in [0.05, 0.1) is 12.2 Å². The lowest BCUT2D eigenvalue weighted by atomic mass is 9.98. The Balaban J connectivity index is 1.79. The van der Waals surface area contributed by atoms with Crippen LogP contribution >= 0.6 is 0 Å². The lowest BCUT2D eigenvalue weighted by molar-refractivity contribution is -0.685. The van der Waals surface area contributed by atoms with Gasteiger partial charge in [0.2, 0.25) is 5.72 Å². The Morgan fingerprint density at radius 3 is 2.52 bits per heavy atom. The summed E-state index contributed by atoms with van der Waals surface area (Å²) in [6.45, 7) is 0.538. The molecule has 0 unspecified atom stereocenters. The third-order valence-corrected chi connectivity index (χ3v) is 5.23. The molecule has 1 aliphatic heterocycles. The fraction of sp³-hybridized carbons (Fsp3) is 0.474. The number of hydrogen-bond donors (Lipinski definition) is 1. The second kappa shape index (κ2) is 5.93. The number of fused-ring (bicyclic) bond motifs is 1. The maximum Gasteiger partial charge on any atom is 0.397 e. The zero-order chi connectivity index (χ0) is 15.7. The van der Waals surface area contributed by atoms with Gasteiger partial charge in [-0.25, -0.2) is 9.47 Å². The Bertz CT molecular complexity index is 667. The highest BCUT2D eigenvalue weighted by Crippen LogP contribution is 2.38. The normalized spacial score (nSPS) is 25.2. The summed E-state index contributed by atoms with van der Waals surface area (Å²) in [5.41, 5.74) is -0.0489. The summed E-state index contributed by atoms with van der Waals surface area (Å²) in [6.07, 6.45) is 11.2. The van der Waals surface area contributed by atoms with Crippen molar-refractivity contribution in [2.75, 3.05) is 4.90 Å². The van der Waals surface area contributed by atoms with Gasteiger partial charge in [-0.05, 0) is 12.8 Å². The van der Waals surface area contributed by atoms with Crippen LogP contribution in [0.1, 0.15) is 44.1 Å². The van der Waals surface area contributed by atoms with E-state index in [4.69, 9.17) is 0 Å². The molecule has 1 aromatic carbocycles. The van der Waals surface area contributed by atoms with Gasteiger partial charge in [-0.2, -0.15) is 0 Å². The molecule has 4 nitrogen and oxygen atoms in total. The van der Waals surface area contributed by atoms with Crippen LogP contribution < -0.4 is 9.47 Å². The van der Waals surface area contributed by atoms with E-state index in [1.807, 2.05) is 48.8 Å². The second-order valence-electron chi connectivity index (χ2n) is 6.75. The Kier molecular flexibility index (Phi) is 3.77. The zero-order valence-electron chi connectivity index (χ0n) is 13.4. The van der Waals surface area contributed by atoms with Crippen molar-refractivity contribution in [2.45, 2.75) is 56.8 Å². The molecule has 2 heterocycles. The van der Waals surface area contributed by atoms with Gasteiger partial charge in [0.1, 0.15) is 12.7 Å². The molecule has 2 aliphatic rings. The van der Waals surface area contributed by atoms with Gasteiger partial charge < -0.3 is 5.11 Å². The van der Waals surface area contributed by atoms with E-state index >= 15 is 0 Å². The fourth-order valence-electron chi connectivity index (χ4n) is 4.11. The maximum absolute atomic E-state index is 11.7. The molecular formula is C19H24N3O+. The summed E-state index contributed by atoms with van der Waals surface area (Å²) in [7, 11) is 0. The minimum atomic E-state index is -1.00. The van der Waals surface area contributed by atoms with Crippen LogP contribution in [0, 0.1) is 0 Å². The van der Waals surface area contributed by atoms with Crippen molar-refractivity contribution in [1.82, 2.24) is 4.98 Å². The van der Waals surface area contributed by atoms with Crippen molar-refractivity contribution >= 4 is 5.95 Å². The molecule has 0 spiro atoms. The SMILES string of the molecule is O[C@@]1(c2ccccc2)C[n+]2cccnc2N1C1CCCCCC1. The Morgan fingerprint density at radius 2 is 1.78 bits per heavy atom. The largest absolute Gasteiger partial charge is 0.397 e. The van der Waals surface area contributed by atoms with E-state index in [9.17, 15) is 5.11 Å². The van der Waals surface area contributed by atoms with Crippen molar-refractivity contribution in [3.63, 3.8) is 0 Å². The standard InChI is InChI=1S/C19H24N3O/c23-19(16-9-4-3-5-10-16)15-21-14-8-13-20-18(21)22(19)17-11-6-1-2-7-12-17/h3-5,8-10,13-14,17,23H,1-2,6-7,11-12,15H2/q+1/t19-/m1/s1. The lowest BCUT2D eigenvalue weighted by Gasteiger charge is -2.34. The van der Waals surface area contributed by atoms with Crippen LogP contribution in [0.3, 0.4) is 0 Å². The first kappa shape index (κ1) is 14.6. The molecule has 0 bridgehead atoms. The van der Waals surface area contributed by atoms with Crippen molar-refractivity contribution in [1.29, 1.82) is 0 Å². The van der Waals surface area contributed by atoms with E-state index < -0.39 is 5.72 Å². The van der Waals surface area contributed by atoms with Crippen LogP contribution in [0.4, 0.5) is 5.95 Å². The molecule has 2 aromatic rings. The van der Waals surface area contributed by atoms with Crippen molar-refractivity contribution in [2.24, 2.45) is 0 Å². The molecular weight excluding hydrogens is 286 g/mol. The summed E-state index contributed by atoms with van der Waals surface area (Å²) in [5.74, 6) is 0.894. The topological polar surface area (TPSA) is 40.2 Å². The van der Waals surface area contributed by atoms with Crippen LogP contribution in [0.5, 0.6) is 0 Å². The molecule has 0 amide bonds. The van der Waals surface area contributed by atoms with E-state index in [-0.39, 0.29) is 0 Å². The van der Waals surface area contributed by atoms with Crippen LogP contribution in [0.15, 0.2) is 48.8 Å². The average molecular weight is 310 g/mol. The molecule has 1 atom stereocenters. The number of aromatic nitrogens is 2. The molecule has 0 saturated heterocycles. The first-order valence-corrected chi connectivity index (χ1v) is 8.71. The minimum Gasteiger partial charge on any atom is -0.353 e. The van der Waals surface area contributed by atoms with E-state index in [0.717, 1.165) is 24.4 Å². The van der Waals surface area contributed by atoms with Gasteiger partial charge in [-0.15, -0.1) is 0 Å². The van der Waals surface area contributed by atoms with Crippen LogP contribution in [0.25, 0.3) is 0 Å². The molecule has 1 aliphatic carbocycles. The summed E-state index contributed by atoms with van der Waals surface area (Å²) < 4.78 is 2.08. The number of anilines is 1. The van der Waals surface area contributed by atoms with Gasteiger partial charge in [0, 0.05) is 11.6 Å². The fourth-order valence-corrected chi connectivity index (χ4v) is 4.11. The van der Waals surface area contributed by atoms with Gasteiger partial charge in [-0.1, -0.05) is 61.0 Å². The van der Waals surface area contributed by atoms with E-state index in [1.54, 1.807) is 0 Å². The predicted octanol–water partition coefficient (Wildman–Crippen LogP) is 2.76. The summed E-state index contributed by atoms with van der Waals surface area (Å²) in [4.78, 5) is 6.78. The number of aliphatic hydroxyl groups is 1. The number of benzene rings is 1. The number of rotatable bonds is 2. The van der Waals surface area contributed by atoms with Gasteiger partial charge in [0.25, 0.3) is 0 Å². The van der Waals surface area contributed by atoms with Crippen LogP contribution in [-0.2, 0) is 12.3 Å². The summed E-state index contributed by atoms with van der Waals surface area (Å²) in [5, 5.41) is 11.7. The number of hydrogen-bond acceptors (Lipinski definition) is 3. The zero-order valence-corrected chi connectivity index (χ0v) is 13.4. The molecule has 4 rings (SSSR count). The van der Waals surface area contributed by atoms with E-state index in [1.165, 1.54) is 25.7 Å². The third-order valence-electron chi connectivity index (χ3n) is 5.23. The summed E-state index contributed by atoms with van der Waals surface area (Å²) >= 11 is 0. The van der Waals surface area contributed by atoms with E-state index in [0.29, 0.717) is 12.6 Å². The highest BCUT2D eigenvalue weighted by atomic mass is 16.3. The Labute approximate surface area is 137 Å². The predicted molar refractivity (Wildman–Crippen MR) is 88.7 cm³/mol. The van der Waals surface area contributed by atoms with Crippen molar-refractivity contribution < 1.29 is 9.67 Å². The van der Waals surface area contributed by atoms with E-state index in [2.05, 4.69) is 14.5 Å². The second-order valence-corrected chi connectivity index (χ2v) is 6.75. The molecule has 0 radical (unpaired) electrons. The maximum atomic E-state index is 11.7. The minimum absolute atomic E-state index is 0.353. The average Bonchev–Trinajstić information content (AvgIpc) is 2.74. The van der Waals surface area contributed by atoms with Crippen molar-refractivity contribution in [3.05, 3.63) is 54.4 Å². The van der Waals surface area contributed by atoms with Crippen LogP contribution in [-0.4, -0.2) is 16.1 Å².